The molecule has 0 saturated carbocycles. The minimum absolute atomic E-state index is 0.00492. The second kappa shape index (κ2) is 11.9. The average molecular weight is 496 g/mol. The molecule has 7 nitrogen and oxygen atoms in total. The van der Waals surface area contributed by atoms with Gasteiger partial charge >= 0.3 is 0 Å². The number of halogens is 2. The van der Waals surface area contributed by atoms with Crippen LogP contribution in [0.2, 0.25) is 0 Å². The van der Waals surface area contributed by atoms with Crippen LogP contribution in [0, 0.1) is 11.6 Å². The topological polar surface area (TPSA) is 86.8 Å². The van der Waals surface area contributed by atoms with E-state index in [1.54, 1.807) is 6.92 Å². The molecule has 34 heavy (non-hydrogen) atoms. The Bertz CT molecular complexity index is 1090. The van der Waals surface area contributed by atoms with Crippen LogP contribution >= 0.6 is 0 Å². The number of nitrogens with zero attached hydrogens (tertiary/aromatic N) is 2. The van der Waals surface area contributed by atoms with E-state index in [0.717, 1.165) is 16.6 Å². The Morgan fingerprint density at radius 1 is 1.00 bits per heavy atom. The summed E-state index contributed by atoms with van der Waals surface area (Å²) in [5.41, 5.74) is 0.566. The van der Waals surface area contributed by atoms with Crippen molar-refractivity contribution in [2.24, 2.45) is 0 Å². The van der Waals surface area contributed by atoms with Crippen molar-refractivity contribution in [3.63, 3.8) is 0 Å². The monoisotopic (exact) mass is 495 g/mol. The molecule has 0 aliphatic rings. The number of nitrogens with one attached hydrogen (secondary N) is 1. The summed E-state index contributed by atoms with van der Waals surface area (Å²) in [6, 6.07) is 9.38. The molecule has 0 heterocycles. The van der Waals surface area contributed by atoms with Crippen LogP contribution in [-0.2, 0) is 26.2 Å². The zero-order valence-corrected chi connectivity index (χ0v) is 20.6. The molecule has 186 valence electrons. The molecule has 10 heteroatoms. The number of carbonyl (C=O) groups excluding carboxylic acids is 2. The van der Waals surface area contributed by atoms with Crippen molar-refractivity contribution in [3.05, 3.63) is 65.7 Å². The van der Waals surface area contributed by atoms with Gasteiger partial charge in [0, 0.05) is 12.6 Å². The molecule has 2 rings (SSSR count). The van der Waals surface area contributed by atoms with Crippen LogP contribution in [0.5, 0.6) is 0 Å². The first kappa shape index (κ1) is 27.2. The van der Waals surface area contributed by atoms with E-state index in [1.807, 2.05) is 13.8 Å². The summed E-state index contributed by atoms with van der Waals surface area (Å²) in [5, 5.41) is 2.86. The maximum atomic E-state index is 13.8. The van der Waals surface area contributed by atoms with Crippen molar-refractivity contribution in [2.75, 3.05) is 17.1 Å². The van der Waals surface area contributed by atoms with Crippen molar-refractivity contribution < 1.29 is 26.8 Å². The summed E-state index contributed by atoms with van der Waals surface area (Å²) < 4.78 is 52.9. The maximum absolute atomic E-state index is 13.8. The van der Waals surface area contributed by atoms with Gasteiger partial charge in [-0.2, -0.15) is 0 Å². The standard InChI is InChI=1S/C24H31F2N3O4S/c1-5-17(3)27-24(31)22(6-2)28(15-18-10-12-19(25)13-11-18)23(30)16-29(34(4,32)33)21-9-7-8-20(26)14-21/h7-14,17,22H,5-6,15-16H2,1-4H3,(H,27,31). The Morgan fingerprint density at radius 2 is 1.65 bits per heavy atom. The molecule has 2 unspecified atom stereocenters. The summed E-state index contributed by atoms with van der Waals surface area (Å²) >= 11 is 0. The van der Waals surface area contributed by atoms with E-state index in [1.165, 1.54) is 47.4 Å². The van der Waals surface area contributed by atoms with Crippen molar-refractivity contribution in [3.8, 4) is 0 Å². The Balaban J connectivity index is 2.43. The first-order valence-corrected chi connectivity index (χ1v) is 12.9. The fraction of sp³-hybridized carbons (Fsp3) is 0.417. The third-order valence-corrected chi connectivity index (χ3v) is 6.57. The van der Waals surface area contributed by atoms with Crippen molar-refractivity contribution in [2.45, 2.75) is 52.2 Å². The van der Waals surface area contributed by atoms with Gasteiger partial charge in [-0.1, -0.05) is 32.0 Å². The summed E-state index contributed by atoms with van der Waals surface area (Å²) in [5.74, 6) is -2.12. The molecule has 0 bridgehead atoms. The first-order chi connectivity index (χ1) is 16.0. The van der Waals surface area contributed by atoms with E-state index in [0.29, 0.717) is 12.0 Å². The molecule has 2 aromatic carbocycles. The number of amides is 2. The highest BCUT2D eigenvalue weighted by Gasteiger charge is 2.32. The molecular weight excluding hydrogens is 464 g/mol. The molecule has 2 atom stereocenters. The lowest BCUT2D eigenvalue weighted by Crippen LogP contribution is -2.53. The minimum atomic E-state index is -3.95. The highest BCUT2D eigenvalue weighted by Crippen LogP contribution is 2.20. The zero-order chi connectivity index (χ0) is 25.5. The molecule has 0 aliphatic heterocycles. The highest BCUT2D eigenvalue weighted by atomic mass is 32.2. The fourth-order valence-electron chi connectivity index (χ4n) is 3.39. The van der Waals surface area contributed by atoms with Crippen LogP contribution in [0.25, 0.3) is 0 Å². The van der Waals surface area contributed by atoms with Gasteiger partial charge in [-0.15, -0.1) is 0 Å². The van der Waals surface area contributed by atoms with E-state index in [-0.39, 0.29) is 30.6 Å². The average Bonchev–Trinajstić information content (AvgIpc) is 2.77. The van der Waals surface area contributed by atoms with Crippen molar-refractivity contribution >= 4 is 27.5 Å². The van der Waals surface area contributed by atoms with Crippen LogP contribution in [0.3, 0.4) is 0 Å². The van der Waals surface area contributed by atoms with E-state index < -0.39 is 40.2 Å². The number of rotatable bonds is 11. The second-order valence-electron chi connectivity index (χ2n) is 8.14. The van der Waals surface area contributed by atoms with Crippen LogP contribution < -0.4 is 9.62 Å². The summed E-state index contributed by atoms with van der Waals surface area (Å²) in [6.07, 6.45) is 1.88. The molecule has 0 spiro atoms. The molecule has 2 amide bonds. The van der Waals surface area contributed by atoms with Gasteiger partial charge in [0.15, 0.2) is 0 Å². The lowest BCUT2D eigenvalue weighted by molar-refractivity contribution is -0.140. The summed E-state index contributed by atoms with van der Waals surface area (Å²) in [6.45, 7) is 4.83. The fourth-order valence-corrected chi connectivity index (χ4v) is 4.23. The molecule has 0 aromatic heterocycles. The Kier molecular flexibility index (Phi) is 9.55. The molecular formula is C24H31F2N3O4S. The third kappa shape index (κ3) is 7.51. The Labute approximate surface area is 199 Å². The van der Waals surface area contributed by atoms with Gasteiger partial charge in [0.2, 0.25) is 21.8 Å². The maximum Gasteiger partial charge on any atom is 0.244 e. The zero-order valence-electron chi connectivity index (χ0n) is 19.8. The molecule has 0 saturated heterocycles. The van der Waals surface area contributed by atoms with Crippen molar-refractivity contribution in [1.29, 1.82) is 0 Å². The van der Waals surface area contributed by atoms with E-state index in [4.69, 9.17) is 0 Å². The highest BCUT2D eigenvalue weighted by molar-refractivity contribution is 7.92. The van der Waals surface area contributed by atoms with Gasteiger partial charge in [0.1, 0.15) is 24.2 Å². The van der Waals surface area contributed by atoms with Crippen LogP contribution in [0.4, 0.5) is 14.5 Å². The number of sulfonamides is 1. The van der Waals surface area contributed by atoms with Gasteiger partial charge in [-0.3, -0.25) is 13.9 Å². The molecule has 1 N–H and O–H groups in total. The lowest BCUT2D eigenvalue weighted by atomic mass is 10.1. The van der Waals surface area contributed by atoms with Gasteiger partial charge in [-0.25, -0.2) is 17.2 Å². The minimum Gasteiger partial charge on any atom is -0.352 e. The van der Waals surface area contributed by atoms with Gasteiger partial charge < -0.3 is 10.2 Å². The Hall–Kier alpha value is -3.01. The van der Waals surface area contributed by atoms with Crippen molar-refractivity contribution in [1.82, 2.24) is 10.2 Å². The normalized spacial score (nSPS) is 13.1. The molecule has 0 fully saturated rings. The second-order valence-corrected chi connectivity index (χ2v) is 10.0. The largest absolute Gasteiger partial charge is 0.352 e. The van der Waals surface area contributed by atoms with E-state index in [9.17, 15) is 26.8 Å². The summed E-state index contributed by atoms with van der Waals surface area (Å²) in [7, 11) is -3.95. The van der Waals surface area contributed by atoms with E-state index in [2.05, 4.69) is 5.32 Å². The van der Waals surface area contributed by atoms with Gasteiger partial charge in [-0.05, 0) is 55.7 Å². The number of anilines is 1. The SMILES string of the molecule is CCC(C)NC(=O)C(CC)N(Cc1ccc(F)cc1)C(=O)CN(c1cccc(F)c1)S(C)(=O)=O. The smallest absolute Gasteiger partial charge is 0.244 e. The molecule has 2 aromatic rings. The Morgan fingerprint density at radius 3 is 2.18 bits per heavy atom. The van der Waals surface area contributed by atoms with E-state index >= 15 is 0 Å². The first-order valence-electron chi connectivity index (χ1n) is 11.0. The van der Waals surface area contributed by atoms with Gasteiger partial charge in [0.05, 0.1) is 11.9 Å². The number of benzene rings is 2. The summed E-state index contributed by atoms with van der Waals surface area (Å²) in [4.78, 5) is 27.7. The van der Waals surface area contributed by atoms with Crippen LogP contribution in [-0.4, -0.2) is 50.0 Å². The third-order valence-electron chi connectivity index (χ3n) is 5.43. The van der Waals surface area contributed by atoms with Crippen LogP contribution in [0.1, 0.15) is 39.2 Å². The quantitative estimate of drug-likeness (QED) is 0.517. The molecule has 0 aliphatic carbocycles. The lowest BCUT2D eigenvalue weighted by Gasteiger charge is -2.33. The number of carbonyl (C=O) groups is 2. The molecule has 0 radical (unpaired) electrons. The number of hydrogen-bond acceptors (Lipinski definition) is 4. The van der Waals surface area contributed by atoms with Gasteiger partial charge in [0.25, 0.3) is 0 Å². The predicted molar refractivity (Wildman–Crippen MR) is 128 cm³/mol. The van der Waals surface area contributed by atoms with Crippen LogP contribution in [0.15, 0.2) is 48.5 Å². The predicted octanol–water partition coefficient (Wildman–Crippen LogP) is 3.45. The number of hydrogen-bond donors (Lipinski definition) is 1.